The minimum Gasteiger partial charge on any atom is -0.392 e. The van der Waals surface area contributed by atoms with Crippen LogP contribution in [-0.4, -0.2) is 5.11 Å². The lowest BCUT2D eigenvalue weighted by atomic mass is 10.1. The highest BCUT2D eigenvalue weighted by molar-refractivity contribution is 7.99. The second-order valence-electron chi connectivity index (χ2n) is 3.78. The molecule has 2 rings (SSSR count). The molecule has 0 saturated heterocycles. The predicted molar refractivity (Wildman–Crippen MR) is 77.7 cm³/mol. The molecule has 0 atom stereocenters. The van der Waals surface area contributed by atoms with Crippen LogP contribution in [0.2, 0.25) is 10.0 Å². The normalized spacial score (nSPS) is 10.2. The van der Waals surface area contributed by atoms with Gasteiger partial charge in [0.15, 0.2) is 0 Å². The molecule has 0 saturated carbocycles. The standard InChI is InChI=1S/C14H9Cl2NOS/c15-11-2-3-12(16)14(6-11)19-13-4-1-9(8-18)5-10(13)7-17/h1-6,18H,8H2. The van der Waals surface area contributed by atoms with E-state index in [0.29, 0.717) is 21.2 Å². The first-order valence-electron chi connectivity index (χ1n) is 5.41. The fourth-order valence-corrected chi connectivity index (χ4v) is 2.93. The Morgan fingerprint density at radius 1 is 1.11 bits per heavy atom. The Bertz CT molecular complexity index is 652. The zero-order valence-electron chi connectivity index (χ0n) is 9.73. The van der Waals surface area contributed by atoms with Gasteiger partial charge in [-0.05, 0) is 35.9 Å². The monoisotopic (exact) mass is 309 g/mol. The summed E-state index contributed by atoms with van der Waals surface area (Å²) in [6.45, 7) is -0.0858. The number of hydrogen-bond donors (Lipinski definition) is 1. The number of aliphatic hydroxyl groups excluding tert-OH is 1. The Hall–Kier alpha value is -1.18. The molecule has 0 aliphatic heterocycles. The van der Waals surface area contributed by atoms with Gasteiger partial charge in [0.25, 0.3) is 0 Å². The Balaban J connectivity index is 2.38. The summed E-state index contributed by atoms with van der Waals surface area (Å²) < 4.78 is 0. The van der Waals surface area contributed by atoms with Crippen LogP contribution in [0.4, 0.5) is 0 Å². The van der Waals surface area contributed by atoms with E-state index in [1.165, 1.54) is 11.8 Å². The predicted octanol–water partition coefficient (Wildman–Crippen LogP) is 4.51. The van der Waals surface area contributed by atoms with Crippen molar-refractivity contribution in [3.05, 3.63) is 57.6 Å². The molecule has 96 valence electrons. The van der Waals surface area contributed by atoms with Gasteiger partial charge in [0.2, 0.25) is 0 Å². The molecule has 2 nitrogen and oxygen atoms in total. The summed E-state index contributed by atoms with van der Waals surface area (Å²) in [7, 11) is 0. The third kappa shape index (κ3) is 3.43. The topological polar surface area (TPSA) is 44.0 Å². The van der Waals surface area contributed by atoms with Crippen molar-refractivity contribution >= 4 is 35.0 Å². The molecule has 19 heavy (non-hydrogen) atoms. The molecule has 0 radical (unpaired) electrons. The van der Waals surface area contributed by atoms with Crippen molar-refractivity contribution in [1.82, 2.24) is 0 Å². The third-order valence-corrected chi connectivity index (χ3v) is 4.27. The first kappa shape index (κ1) is 14.2. The molecule has 0 amide bonds. The summed E-state index contributed by atoms with van der Waals surface area (Å²) in [5, 5.41) is 19.4. The van der Waals surface area contributed by atoms with Crippen molar-refractivity contribution in [1.29, 1.82) is 5.26 Å². The largest absolute Gasteiger partial charge is 0.392 e. The highest BCUT2D eigenvalue weighted by atomic mass is 35.5. The average molecular weight is 310 g/mol. The van der Waals surface area contributed by atoms with Gasteiger partial charge in [-0.2, -0.15) is 5.26 Å². The summed E-state index contributed by atoms with van der Waals surface area (Å²) in [6, 6.07) is 12.6. The Kier molecular flexibility index (Phi) is 4.73. The van der Waals surface area contributed by atoms with Gasteiger partial charge in [0.05, 0.1) is 17.2 Å². The summed E-state index contributed by atoms with van der Waals surface area (Å²) >= 11 is 13.4. The van der Waals surface area contributed by atoms with Gasteiger partial charge in [-0.1, -0.05) is 41.0 Å². The van der Waals surface area contributed by atoms with Crippen LogP contribution in [0, 0.1) is 11.3 Å². The maximum atomic E-state index is 9.14. The van der Waals surface area contributed by atoms with Gasteiger partial charge in [0, 0.05) is 14.8 Å². The number of aliphatic hydroxyl groups is 1. The number of benzene rings is 2. The Morgan fingerprint density at radius 3 is 2.58 bits per heavy atom. The highest BCUT2D eigenvalue weighted by Gasteiger charge is 2.08. The molecule has 0 heterocycles. The van der Waals surface area contributed by atoms with E-state index in [1.807, 2.05) is 0 Å². The van der Waals surface area contributed by atoms with Crippen molar-refractivity contribution in [2.24, 2.45) is 0 Å². The molecular formula is C14H9Cl2NOS. The van der Waals surface area contributed by atoms with Crippen molar-refractivity contribution in [2.45, 2.75) is 16.4 Å². The minimum absolute atomic E-state index is 0.0858. The first-order valence-corrected chi connectivity index (χ1v) is 6.98. The smallest absolute Gasteiger partial charge is 0.100 e. The minimum atomic E-state index is -0.0858. The molecule has 0 aliphatic carbocycles. The van der Waals surface area contributed by atoms with Gasteiger partial charge < -0.3 is 5.11 Å². The van der Waals surface area contributed by atoms with E-state index >= 15 is 0 Å². The van der Waals surface area contributed by atoms with E-state index in [2.05, 4.69) is 6.07 Å². The molecule has 2 aromatic rings. The van der Waals surface area contributed by atoms with Crippen LogP contribution >= 0.6 is 35.0 Å². The Morgan fingerprint density at radius 2 is 1.89 bits per heavy atom. The van der Waals surface area contributed by atoms with E-state index in [9.17, 15) is 0 Å². The van der Waals surface area contributed by atoms with E-state index < -0.39 is 0 Å². The van der Waals surface area contributed by atoms with Gasteiger partial charge in [0.1, 0.15) is 6.07 Å². The number of nitrogens with zero attached hydrogens (tertiary/aromatic N) is 1. The maximum Gasteiger partial charge on any atom is 0.100 e. The molecule has 0 bridgehead atoms. The number of rotatable bonds is 3. The van der Waals surface area contributed by atoms with Crippen LogP contribution in [0.3, 0.4) is 0 Å². The van der Waals surface area contributed by atoms with E-state index in [-0.39, 0.29) is 6.61 Å². The van der Waals surface area contributed by atoms with Crippen molar-refractivity contribution in [3.63, 3.8) is 0 Å². The zero-order valence-corrected chi connectivity index (χ0v) is 12.1. The fraction of sp³-hybridized carbons (Fsp3) is 0.0714. The molecule has 0 aromatic heterocycles. The maximum absolute atomic E-state index is 9.14. The lowest BCUT2D eigenvalue weighted by Crippen LogP contribution is -1.88. The molecule has 0 aliphatic rings. The van der Waals surface area contributed by atoms with Crippen LogP contribution < -0.4 is 0 Å². The second kappa shape index (κ2) is 6.31. The van der Waals surface area contributed by atoms with Crippen molar-refractivity contribution < 1.29 is 5.11 Å². The van der Waals surface area contributed by atoms with Crippen LogP contribution in [0.15, 0.2) is 46.2 Å². The van der Waals surface area contributed by atoms with E-state index in [4.69, 9.17) is 33.6 Å². The summed E-state index contributed by atoms with van der Waals surface area (Å²) in [5.41, 5.74) is 1.21. The summed E-state index contributed by atoms with van der Waals surface area (Å²) in [6.07, 6.45) is 0. The molecular weight excluding hydrogens is 301 g/mol. The van der Waals surface area contributed by atoms with Gasteiger partial charge in [-0.25, -0.2) is 0 Å². The Labute approximate surface area is 125 Å². The van der Waals surface area contributed by atoms with Crippen molar-refractivity contribution in [2.75, 3.05) is 0 Å². The average Bonchev–Trinajstić information content (AvgIpc) is 2.43. The number of hydrogen-bond acceptors (Lipinski definition) is 3. The molecule has 0 fully saturated rings. The summed E-state index contributed by atoms with van der Waals surface area (Å²) in [4.78, 5) is 1.58. The van der Waals surface area contributed by atoms with Gasteiger partial charge >= 0.3 is 0 Å². The second-order valence-corrected chi connectivity index (χ2v) is 5.70. The lowest BCUT2D eigenvalue weighted by molar-refractivity contribution is 0.281. The fourth-order valence-electron chi connectivity index (χ4n) is 1.53. The SMILES string of the molecule is N#Cc1cc(CO)ccc1Sc1cc(Cl)ccc1Cl. The number of nitriles is 1. The van der Waals surface area contributed by atoms with Crippen LogP contribution in [0.5, 0.6) is 0 Å². The third-order valence-electron chi connectivity index (χ3n) is 2.46. The zero-order chi connectivity index (χ0) is 13.8. The highest BCUT2D eigenvalue weighted by Crippen LogP contribution is 2.36. The lowest BCUT2D eigenvalue weighted by Gasteiger charge is -2.07. The molecule has 5 heteroatoms. The van der Waals surface area contributed by atoms with Gasteiger partial charge in [-0.15, -0.1) is 0 Å². The van der Waals surface area contributed by atoms with Crippen LogP contribution in [-0.2, 0) is 6.61 Å². The first-order chi connectivity index (χ1) is 9.13. The molecule has 0 unspecified atom stereocenters. The quantitative estimate of drug-likeness (QED) is 0.907. The van der Waals surface area contributed by atoms with Gasteiger partial charge in [-0.3, -0.25) is 0 Å². The molecule has 1 N–H and O–H groups in total. The van der Waals surface area contributed by atoms with E-state index in [1.54, 1.807) is 36.4 Å². The number of halogens is 2. The van der Waals surface area contributed by atoms with Crippen molar-refractivity contribution in [3.8, 4) is 6.07 Å². The summed E-state index contributed by atoms with van der Waals surface area (Å²) in [5.74, 6) is 0. The molecule has 0 spiro atoms. The van der Waals surface area contributed by atoms with Crippen LogP contribution in [0.1, 0.15) is 11.1 Å². The van der Waals surface area contributed by atoms with E-state index in [0.717, 1.165) is 9.79 Å². The molecule has 2 aromatic carbocycles. The van der Waals surface area contributed by atoms with Crippen LogP contribution in [0.25, 0.3) is 0 Å².